The van der Waals surface area contributed by atoms with Crippen LogP contribution in [0.1, 0.15) is 47.0 Å². The van der Waals surface area contributed by atoms with Gasteiger partial charge in [-0.1, -0.05) is 87.1 Å². The van der Waals surface area contributed by atoms with Crippen molar-refractivity contribution >= 4 is 5.97 Å². The molecule has 5 heteroatoms. The molecule has 1 heterocycles. The maximum absolute atomic E-state index is 12.2. The van der Waals surface area contributed by atoms with Crippen LogP contribution >= 0.6 is 0 Å². The van der Waals surface area contributed by atoms with Crippen LogP contribution in [-0.2, 0) is 14.3 Å². The molecule has 182 valence electrons. The third-order valence-corrected chi connectivity index (χ3v) is 5.26. The first-order valence-electron chi connectivity index (χ1n) is 11.6. The summed E-state index contributed by atoms with van der Waals surface area (Å²) in [6.07, 6.45) is 21.5. The summed E-state index contributed by atoms with van der Waals surface area (Å²) in [7, 11) is 1.50. The number of rotatable bonds is 2. The number of ether oxygens (including phenoxy) is 2. The van der Waals surface area contributed by atoms with Crippen LogP contribution in [0.2, 0.25) is 0 Å². The Bertz CT molecular complexity index is 797. The fraction of sp³-hybridized carbons (Fsp3) is 0.464. The fourth-order valence-electron chi connectivity index (χ4n) is 3.18. The minimum absolute atomic E-state index is 0.223. The molecule has 0 aromatic heterocycles. The van der Waals surface area contributed by atoms with Gasteiger partial charge in [-0.25, -0.2) is 4.79 Å². The standard InChI is InChI=1S/C28H40O5/c1-6-12-24-17-8-7-9-18-25(32-5)28(31)27(30)23(4)16-11-15-21(2)13-10-14-22(3)19-20-26(29)33-24/h7-14,16,18-21,23,25,27-28,30-31H,6,15,17H2,1-5H3. The normalized spacial score (nSPS) is 29.9. The second-order valence-electron chi connectivity index (χ2n) is 8.33. The highest BCUT2D eigenvalue weighted by Gasteiger charge is 2.27. The number of hydrogen-bond donors (Lipinski definition) is 2. The third kappa shape index (κ3) is 11.8. The molecule has 0 bridgehead atoms. The van der Waals surface area contributed by atoms with E-state index in [-0.39, 0.29) is 5.92 Å². The van der Waals surface area contributed by atoms with Gasteiger partial charge in [-0.3, -0.25) is 0 Å². The molecule has 0 saturated carbocycles. The van der Waals surface area contributed by atoms with Gasteiger partial charge in [0.25, 0.3) is 0 Å². The smallest absolute Gasteiger partial charge is 0.335 e. The van der Waals surface area contributed by atoms with Gasteiger partial charge >= 0.3 is 5.97 Å². The highest BCUT2D eigenvalue weighted by Crippen LogP contribution is 2.16. The maximum atomic E-state index is 12.2. The van der Waals surface area contributed by atoms with Crippen molar-refractivity contribution in [3.63, 3.8) is 0 Å². The van der Waals surface area contributed by atoms with Gasteiger partial charge in [-0.05, 0) is 31.8 Å². The molecule has 1 aliphatic heterocycles. The lowest BCUT2D eigenvalue weighted by Crippen LogP contribution is -2.40. The molecule has 1 rings (SSSR count). The molecular weight excluding hydrogens is 416 g/mol. The molecule has 0 fully saturated rings. The van der Waals surface area contributed by atoms with Gasteiger partial charge in [-0.15, -0.1) is 0 Å². The molecule has 33 heavy (non-hydrogen) atoms. The molecule has 5 atom stereocenters. The van der Waals surface area contributed by atoms with E-state index >= 15 is 0 Å². The largest absolute Gasteiger partial charge is 0.428 e. The summed E-state index contributed by atoms with van der Waals surface area (Å²) in [4.78, 5) is 12.2. The van der Waals surface area contributed by atoms with Gasteiger partial charge in [0.15, 0.2) is 0 Å². The first kappa shape index (κ1) is 28.6. The Morgan fingerprint density at radius 1 is 1.06 bits per heavy atom. The number of aliphatic hydroxyl groups excluding tert-OH is 2. The SMILES string of the molecule is CCC=C1CC=CC=CC(OC)C(O)C(O)C(C)C=CCC(C)C=CC=C(C)C=CC(=O)O1. The van der Waals surface area contributed by atoms with E-state index in [9.17, 15) is 15.0 Å². The number of cyclic esters (lactones) is 1. The van der Waals surface area contributed by atoms with Gasteiger partial charge in [0.05, 0.1) is 6.10 Å². The third-order valence-electron chi connectivity index (χ3n) is 5.26. The van der Waals surface area contributed by atoms with E-state index in [0.717, 1.165) is 18.4 Å². The molecule has 0 radical (unpaired) electrons. The quantitative estimate of drug-likeness (QED) is 0.432. The maximum Gasteiger partial charge on any atom is 0.335 e. The summed E-state index contributed by atoms with van der Waals surface area (Å²) in [5.74, 6) is 0.240. The van der Waals surface area contributed by atoms with E-state index in [1.165, 1.54) is 13.2 Å². The lowest BCUT2D eigenvalue weighted by Gasteiger charge is -2.26. The molecular formula is C28H40O5. The average molecular weight is 457 g/mol. The zero-order valence-electron chi connectivity index (χ0n) is 20.6. The van der Waals surface area contributed by atoms with E-state index in [0.29, 0.717) is 18.1 Å². The molecule has 0 aliphatic carbocycles. The summed E-state index contributed by atoms with van der Waals surface area (Å²) >= 11 is 0. The van der Waals surface area contributed by atoms with Crippen molar-refractivity contribution in [2.75, 3.05) is 7.11 Å². The van der Waals surface area contributed by atoms with Crippen LogP contribution in [0, 0.1) is 11.8 Å². The van der Waals surface area contributed by atoms with Gasteiger partial charge < -0.3 is 19.7 Å². The van der Waals surface area contributed by atoms with Crippen molar-refractivity contribution in [2.24, 2.45) is 11.8 Å². The Morgan fingerprint density at radius 3 is 2.52 bits per heavy atom. The summed E-state index contributed by atoms with van der Waals surface area (Å²) in [6, 6.07) is 0. The predicted molar refractivity (Wildman–Crippen MR) is 134 cm³/mol. The van der Waals surface area contributed by atoms with Gasteiger partial charge in [0.2, 0.25) is 0 Å². The fourth-order valence-corrected chi connectivity index (χ4v) is 3.18. The van der Waals surface area contributed by atoms with Crippen LogP contribution in [-0.4, -0.2) is 41.6 Å². The number of allylic oxidation sites excluding steroid dienone is 10. The van der Waals surface area contributed by atoms with E-state index < -0.39 is 24.3 Å². The van der Waals surface area contributed by atoms with E-state index in [1.54, 1.807) is 24.3 Å². The number of hydrogen-bond acceptors (Lipinski definition) is 5. The van der Waals surface area contributed by atoms with Crippen molar-refractivity contribution in [2.45, 2.75) is 65.3 Å². The number of carbonyl (C=O) groups is 1. The van der Waals surface area contributed by atoms with Crippen molar-refractivity contribution < 1.29 is 24.5 Å². The summed E-state index contributed by atoms with van der Waals surface area (Å²) in [6.45, 7) is 7.89. The van der Waals surface area contributed by atoms with E-state index in [4.69, 9.17) is 9.47 Å². The summed E-state index contributed by atoms with van der Waals surface area (Å²) < 4.78 is 10.8. The molecule has 0 amide bonds. The monoisotopic (exact) mass is 456 g/mol. The summed E-state index contributed by atoms with van der Waals surface area (Å²) in [5.41, 5.74) is 0.942. The first-order chi connectivity index (χ1) is 15.8. The Kier molecular flexibility index (Phi) is 14.0. The Labute approximate surface area is 199 Å². The van der Waals surface area contributed by atoms with Gasteiger partial charge in [0, 0.05) is 25.5 Å². The second-order valence-corrected chi connectivity index (χ2v) is 8.33. The van der Waals surface area contributed by atoms with E-state index in [2.05, 4.69) is 13.0 Å². The molecule has 0 aromatic carbocycles. The Hall–Kier alpha value is -2.47. The Balaban J connectivity index is 3.11. The molecule has 0 saturated heterocycles. The average Bonchev–Trinajstić information content (AvgIpc) is 2.78. The molecule has 0 spiro atoms. The zero-order chi connectivity index (χ0) is 24.6. The highest BCUT2D eigenvalue weighted by atomic mass is 16.5. The van der Waals surface area contributed by atoms with Gasteiger partial charge in [0.1, 0.15) is 18.0 Å². The topological polar surface area (TPSA) is 76.0 Å². The van der Waals surface area contributed by atoms with Crippen LogP contribution in [0.3, 0.4) is 0 Å². The minimum Gasteiger partial charge on any atom is -0.428 e. The van der Waals surface area contributed by atoms with Crippen molar-refractivity contribution in [3.05, 3.63) is 84.2 Å². The first-order valence-corrected chi connectivity index (χ1v) is 11.6. The molecule has 5 unspecified atom stereocenters. The number of esters is 1. The number of carbonyl (C=O) groups excluding carboxylic acids is 1. The lowest BCUT2D eigenvalue weighted by atomic mass is 9.94. The van der Waals surface area contributed by atoms with Crippen LogP contribution in [0.5, 0.6) is 0 Å². The Morgan fingerprint density at radius 2 is 1.82 bits per heavy atom. The minimum atomic E-state index is -1.06. The predicted octanol–water partition coefficient (Wildman–Crippen LogP) is 5.35. The van der Waals surface area contributed by atoms with Crippen molar-refractivity contribution in [1.29, 1.82) is 0 Å². The van der Waals surface area contributed by atoms with Crippen LogP contribution in [0.4, 0.5) is 0 Å². The van der Waals surface area contributed by atoms with Crippen LogP contribution < -0.4 is 0 Å². The summed E-state index contributed by atoms with van der Waals surface area (Å²) in [5, 5.41) is 21.1. The van der Waals surface area contributed by atoms with Crippen molar-refractivity contribution in [1.82, 2.24) is 0 Å². The van der Waals surface area contributed by atoms with Crippen molar-refractivity contribution in [3.8, 4) is 0 Å². The molecule has 0 aromatic rings. The van der Waals surface area contributed by atoms with Crippen LogP contribution in [0.25, 0.3) is 0 Å². The molecule has 2 N–H and O–H groups in total. The lowest BCUT2D eigenvalue weighted by molar-refractivity contribution is -0.133. The van der Waals surface area contributed by atoms with Gasteiger partial charge in [-0.2, -0.15) is 0 Å². The number of aliphatic hydroxyl groups is 2. The zero-order valence-corrected chi connectivity index (χ0v) is 20.6. The molecule has 5 nitrogen and oxygen atoms in total. The van der Waals surface area contributed by atoms with E-state index in [1.807, 2.05) is 57.2 Å². The number of methoxy groups -OCH3 is 1. The molecule has 1 aliphatic rings. The van der Waals surface area contributed by atoms with Crippen LogP contribution in [0.15, 0.2) is 84.2 Å². The highest BCUT2D eigenvalue weighted by molar-refractivity contribution is 5.83. The second kappa shape index (κ2) is 16.2.